The van der Waals surface area contributed by atoms with Crippen molar-refractivity contribution in [2.24, 2.45) is 0 Å². The molecule has 0 radical (unpaired) electrons. The first-order valence-electron chi connectivity index (χ1n) is 6.21. The van der Waals surface area contributed by atoms with Crippen molar-refractivity contribution in [2.75, 3.05) is 6.61 Å². The summed E-state index contributed by atoms with van der Waals surface area (Å²) in [7, 11) is 0. The summed E-state index contributed by atoms with van der Waals surface area (Å²) in [6.45, 7) is -0.116. The Morgan fingerprint density at radius 1 is 1.10 bits per heavy atom. The summed E-state index contributed by atoms with van der Waals surface area (Å²) >= 11 is 0. The number of amides is 1. The Balaban J connectivity index is 1.89. The van der Waals surface area contributed by atoms with Gasteiger partial charge in [-0.15, -0.1) is 0 Å². The van der Waals surface area contributed by atoms with E-state index < -0.39 is 6.04 Å². The number of nitrogens with zero attached hydrogens (tertiary/aromatic N) is 1. The van der Waals surface area contributed by atoms with E-state index in [9.17, 15) is 4.79 Å². The van der Waals surface area contributed by atoms with Gasteiger partial charge in [0.1, 0.15) is 11.8 Å². The van der Waals surface area contributed by atoms with E-state index >= 15 is 0 Å². The van der Waals surface area contributed by atoms with Gasteiger partial charge in [-0.2, -0.15) is 5.26 Å². The van der Waals surface area contributed by atoms with Gasteiger partial charge in [-0.1, -0.05) is 48.5 Å². The Kier molecular flexibility index (Phi) is 4.74. The minimum absolute atomic E-state index is 0.116. The molecule has 4 heteroatoms. The number of nitrogens with one attached hydrogen (secondary N) is 1. The molecule has 2 rings (SSSR count). The van der Waals surface area contributed by atoms with Gasteiger partial charge >= 0.3 is 0 Å². The summed E-state index contributed by atoms with van der Waals surface area (Å²) < 4.78 is 5.33. The van der Waals surface area contributed by atoms with E-state index in [0.717, 1.165) is 5.56 Å². The molecule has 20 heavy (non-hydrogen) atoms. The molecule has 1 N–H and O–H groups in total. The minimum Gasteiger partial charge on any atom is -0.484 e. The highest BCUT2D eigenvalue weighted by Gasteiger charge is 2.13. The monoisotopic (exact) mass is 266 g/mol. The Morgan fingerprint density at radius 2 is 1.70 bits per heavy atom. The summed E-state index contributed by atoms with van der Waals surface area (Å²) in [6, 6.07) is 19.6. The van der Waals surface area contributed by atoms with E-state index in [1.807, 2.05) is 36.4 Å². The van der Waals surface area contributed by atoms with Crippen molar-refractivity contribution in [3.63, 3.8) is 0 Å². The number of carbonyl (C=O) groups is 1. The van der Waals surface area contributed by atoms with Gasteiger partial charge in [0.25, 0.3) is 5.91 Å². The van der Waals surface area contributed by atoms with E-state index in [1.165, 1.54) is 0 Å². The van der Waals surface area contributed by atoms with E-state index in [0.29, 0.717) is 5.75 Å². The van der Waals surface area contributed by atoms with E-state index in [2.05, 4.69) is 11.4 Å². The highest BCUT2D eigenvalue weighted by molar-refractivity contribution is 5.78. The topological polar surface area (TPSA) is 62.1 Å². The Labute approximate surface area is 117 Å². The van der Waals surface area contributed by atoms with Crippen LogP contribution in [0.2, 0.25) is 0 Å². The van der Waals surface area contributed by atoms with Crippen molar-refractivity contribution in [3.8, 4) is 11.8 Å². The first kappa shape index (κ1) is 13.6. The van der Waals surface area contributed by atoms with E-state index in [-0.39, 0.29) is 12.5 Å². The van der Waals surface area contributed by atoms with Crippen LogP contribution in [0.1, 0.15) is 11.6 Å². The van der Waals surface area contributed by atoms with Crippen LogP contribution >= 0.6 is 0 Å². The molecule has 2 aromatic rings. The number of hydrogen-bond acceptors (Lipinski definition) is 3. The summed E-state index contributed by atoms with van der Waals surface area (Å²) in [6.07, 6.45) is 0. The lowest BCUT2D eigenvalue weighted by molar-refractivity contribution is -0.123. The molecule has 0 aromatic heterocycles. The molecule has 0 fully saturated rings. The first-order valence-corrected chi connectivity index (χ1v) is 6.21. The van der Waals surface area contributed by atoms with E-state index in [1.54, 1.807) is 24.3 Å². The van der Waals surface area contributed by atoms with Crippen LogP contribution in [-0.2, 0) is 4.79 Å². The molecule has 0 bridgehead atoms. The standard InChI is InChI=1S/C16H14N2O2/c17-11-15(13-7-3-1-4-8-13)18-16(19)12-20-14-9-5-2-6-10-14/h1-10,15H,12H2,(H,18,19). The zero-order valence-electron chi connectivity index (χ0n) is 10.8. The number of ether oxygens (including phenoxy) is 1. The molecule has 1 unspecified atom stereocenters. The molecule has 0 aliphatic carbocycles. The highest BCUT2D eigenvalue weighted by Crippen LogP contribution is 2.11. The van der Waals surface area contributed by atoms with Gasteiger partial charge in [0.2, 0.25) is 0 Å². The third-order valence-corrected chi connectivity index (χ3v) is 2.68. The number of para-hydroxylation sites is 1. The molecule has 1 atom stereocenters. The number of hydrogen-bond donors (Lipinski definition) is 1. The van der Waals surface area contributed by atoms with Gasteiger partial charge in [0.05, 0.1) is 6.07 Å². The summed E-state index contributed by atoms with van der Waals surface area (Å²) in [4.78, 5) is 11.8. The molecular formula is C16H14N2O2. The zero-order chi connectivity index (χ0) is 14.2. The molecular weight excluding hydrogens is 252 g/mol. The van der Waals surface area contributed by atoms with Crippen molar-refractivity contribution in [3.05, 3.63) is 66.2 Å². The molecule has 100 valence electrons. The fourth-order valence-corrected chi connectivity index (χ4v) is 1.70. The fourth-order valence-electron chi connectivity index (χ4n) is 1.70. The largest absolute Gasteiger partial charge is 0.484 e. The lowest BCUT2D eigenvalue weighted by Gasteiger charge is -2.12. The predicted octanol–water partition coefficient (Wildman–Crippen LogP) is 2.45. The first-order chi connectivity index (χ1) is 9.79. The summed E-state index contributed by atoms with van der Waals surface area (Å²) in [5.41, 5.74) is 0.753. The third-order valence-electron chi connectivity index (χ3n) is 2.68. The smallest absolute Gasteiger partial charge is 0.259 e. The number of rotatable bonds is 5. The van der Waals surface area contributed by atoms with Crippen LogP contribution in [0.3, 0.4) is 0 Å². The second-order valence-electron chi connectivity index (χ2n) is 4.14. The van der Waals surface area contributed by atoms with Crippen LogP contribution in [-0.4, -0.2) is 12.5 Å². The minimum atomic E-state index is -0.664. The molecule has 0 heterocycles. The van der Waals surface area contributed by atoms with Crippen molar-refractivity contribution in [1.82, 2.24) is 5.32 Å². The van der Waals surface area contributed by atoms with Crippen molar-refractivity contribution in [2.45, 2.75) is 6.04 Å². The van der Waals surface area contributed by atoms with Crippen molar-refractivity contribution in [1.29, 1.82) is 5.26 Å². The average Bonchev–Trinajstić information content (AvgIpc) is 2.52. The van der Waals surface area contributed by atoms with Crippen molar-refractivity contribution >= 4 is 5.91 Å². The third kappa shape index (κ3) is 3.85. The summed E-state index contributed by atoms with van der Waals surface area (Å²) in [5, 5.41) is 11.7. The molecule has 0 spiro atoms. The maximum atomic E-state index is 11.8. The molecule has 1 amide bonds. The molecule has 2 aromatic carbocycles. The quantitative estimate of drug-likeness (QED) is 0.904. The summed E-state index contributed by atoms with van der Waals surface area (Å²) in [5.74, 6) is 0.292. The predicted molar refractivity (Wildman–Crippen MR) is 74.9 cm³/mol. The molecule has 4 nitrogen and oxygen atoms in total. The average molecular weight is 266 g/mol. The van der Waals surface area contributed by atoms with Gasteiger partial charge in [0, 0.05) is 0 Å². The molecule has 0 saturated carbocycles. The van der Waals surface area contributed by atoms with Gasteiger partial charge in [-0.25, -0.2) is 0 Å². The van der Waals surface area contributed by atoms with Crippen LogP contribution in [0.4, 0.5) is 0 Å². The number of benzene rings is 2. The van der Waals surface area contributed by atoms with Gasteiger partial charge in [0.15, 0.2) is 6.61 Å². The fraction of sp³-hybridized carbons (Fsp3) is 0.125. The van der Waals surface area contributed by atoms with Gasteiger partial charge < -0.3 is 10.1 Å². The second-order valence-corrected chi connectivity index (χ2v) is 4.14. The van der Waals surface area contributed by atoms with Crippen LogP contribution < -0.4 is 10.1 Å². The van der Waals surface area contributed by atoms with Crippen LogP contribution in [0.5, 0.6) is 5.75 Å². The zero-order valence-corrected chi connectivity index (χ0v) is 10.8. The number of nitriles is 1. The van der Waals surface area contributed by atoms with Crippen LogP contribution in [0, 0.1) is 11.3 Å². The Morgan fingerprint density at radius 3 is 2.30 bits per heavy atom. The van der Waals surface area contributed by atoms with Crippen molar-refractivity contribution < 1.29 is 9.53 Å². The SMILES string of the molecule is N#CC(NC(=O)COc1ccccc1)c1ccccc1. The lowest BCUT2D eigenvalue weighted by atomic mass is 10.1. The van der Waals surface area contributed by atoms with Crippen LogP contribution in [0.25, 0.3) is 0 Å². The van der Waals surface area contributed by atoms with Gasteiger partial charge in [-0.05, 0) is 17.7 Å². The normalized spacial score (nSPS) is 11.2. The highest BCUT2D eigenvalue weighted by atomic mass is 16.5. The van der Waals surface area contributed by atoms with Crippen LogP contribution in [0.15, 0.2) is 60.7 Å². The molecule has 0 saturated heterocycles. The Hall–Kier alpha value is -2.80. The van der Waals surface area contributed by atoms with E-state index in [4.69, 9.17) is 10.00 Å². The maximum Gasteiger partial charge on any atom is 0.259 e. The van der Waals surface area contributed by atoms with Gasteiger partial charge in [-0.3, -0.25) is 4.79 Å². The number of carbonyl (C=O) groups excluding carboxylic acids is 1. The Bertz CT molecular complexity index is 591. The lowest BCUT2D eigenvalue weighted by Crippen LogP contribution is -2.31. The molecule has 0 aliphatic rings. The molecule has 0 aliphatic heterocycles. The maximum absolute atomic E-state index is 11.8. The second kappa shape index (κ2) is 6.95.